The first-order valence-corrected chi connectivity index (χ1v) is 4.59. The van der Waals surface area contributed by atoms with Gasteiger partial charge in [0.25, 0.3) is 0 Å². The van der Waals surface area contributed by atoms with Crippen LogP contribution in [0.15, 0.2) is 30.3 Å². The second-order valence-electron chi connectivity index (χ2n) is 2.55. The fourth-order valence-electron chi connectivity index (χ4n) is 0.672. The van der Waals surface area contributed by atoms with E-state index in [4.69, 9.17) is 9.84 Å². The number of aromatic hydroxyl groups is 1. The zero-order chi connectivity index (χ0) is 11.5. The van der Waals surface area contributed by atoms with Gasteiger partial charge in [0, 0.05) is 6.61 Å². The molecule has 84 valence electrons. The van der Waals surface area contributed by atoms with E-state index in [0.29, 0.717) is 12.4 Å². The summed E-state index contributed by atoms with van der Waals surface area (Å²) in [6.07, 6.45) is 0. The van der Waals surface area contributed by atoms with Gasteiger partial charge in [-0.1, -0.05) is 18.2 Å². The summed E-state index contributed by atoms with van der Waals surface area (Å²) in [6.45, 7) is 2.44. The lowest BCUT2D eigenvalue weighted by Crippen LogP contribution is -2.09. The van der Waals surface area contributed by atoms with Gasteiger partial charge in [-0.05, 0) is 19.1 Å². The Hall–Kier alpha value is -1.55. The molecule has 1 aromatic carbocycles. The van der Waals surface area contributed by atoms with Crippen molar-refractivity contribution in [3.8, 4) is 5.75 Å². The van der Waals surface area contributed by atoms with E-state index < -0.39 is 0 Å². The Morgan fingerprint density at radius 2 is 1.93 bits per heavy atom. The molecule has 0 saturated carbocycles. The average molecular weight is 212 g/mol. The molecule has 15 heavy (non-hydrogen) atoms. The predicted molar refractivity (Wildman–Crippen MR) is 56.6 cm³/mol. The van der Waals surface area contributed by atoms with Crippen molar-refractivity contribution in [3.63, 3.8) is 0 Å². The van der Waals surface area contributed by atoms with Crippen LogP contribution < -0.4 is 0 Å². The van der Waals surface area contributed by atoms with E-state index in [-0.39, 0.29) is 12.6 Å². The number of phenols is 1. The minimum absolute atomic E-state index is 0.0625. The number of ether oxygens (including phenoxy) is 2. The van der Waals surface area contributed by atoms with Gasteiger partial charge in [0.05, 0.1) is 7.11 Å². The summed E-state index contributed by atoms with van der Waals surface area (Å²) in [7, 11) is 1.33. The van der Waals surface area contributed by atoms with E-state index in [1.165, 1.54) is 7.11 Å². The Bertz CT molecular complexity index is 259. The predicted octanol–water partition coefficient (Wildman–Crippen LogP) is 1.59. The SMILES string of the molecule is CCOCC(=O)OC.Oc1ccccc1. The number of carbonyl (C=O) groups is 1. The van der Waals surface area contributed by atoms with Gasteiger partial charge in [0.1, 0.15) is 12.4 Å². The summed E-state index contributed by atoms with van der Waals surface area (Å²) in [5.74, 6) is -0.00523. The molecule has 0 unspecified atom stereocenters. The van der Waals surface area contributed by atoms with Gasteiger partial charge in [0.2, 0.25) is 0 Å². The lowest BCUT2D eigenvalue weighted by Gasteiger charge is -1.96. The van der Waals surface area contributed by atoms with Crippen LogP contribution in [-0.4, -0.2) is 31.4 Å². The smallest absolute Gasteiger partial charge is 0.331 e. The second-order valence-corrected chi connectivity index (χ2v) is 2.55. The largest absolute Gasteiger partial charge is 0.508 e. The number of para-hydroxylation sites is 1. The highest BCUT2D eigenvalue weighted by atomic mass is 16.6. The van der Waals surface area contributed by atoms with Gasteiger partial charge < -0.3 is 14.6 Å². The van der Waals surface area contributed by atoms with Crippen LogP contribution >= 0.6 is 0 Å². The molecule has 4 heteroatoms. The molecular formula is C11H16O4. The minimum Gasteiger partial charge on any atom is -0.508 e. The molecule has 0 aliphatic heterocycles. The third kappa shape index (κ3) is 8.77. The van der Waals surface area contributed by atoms with Crippen molar-refractivity contribution in [1.82, 2.24) is 0 Å². The number of hydrogen-bond acceptors (Lipinski definition) is 4. The topological polar surface area (TPSA) is 55.8 Å². The maximum absolute atomic E-state index is 10.2. The van der Waals surface area contributed by atoms with Crippen molar-refractivity contribution in [3.05, 3.63) is 30.3 Å². The number of phenolic OH excluding ortho intramolecular Hbond substituents is 1. The van der Waals surface area contributed by atoms with E-state index in [0.717, 1.165) is 0 Å². The maximum Gasteiger partial charge on any atom is 0.331 e. The van der Waals surface area contributed by atoms with E-state index in [1.807, 2.05) is 13.0 Å². The summed E-state index contributed by atoms with van der Waals surface area (Å²) in [5, 5.41) is 8.63. The van der Waals surface area contributed by atoms with Crippen molar-refractivity contribution >= 4 is 5.97 Å². The summed E-state index contributed by atoms with van der Waals surface area (Å²) in [6, 6.07) is 8.71. The molecule has 0 atom stereocenters. The second kappa shape index (κ2) is 9.02. The average Bonchev–Trinajstić information content (AvgIpc) is 2.28. The Morgan fingerprint density at radius 3 is 2.27 bits per heavy atom. The van der Waals surface area contributed by atoms with Crippen LogP contribution in [0.5, 0.6) is 5.75 Å². The van der Waals surface area contributed by atoms with Crippen LogP contribution in [0.2, 0.25) is 0 Å². The van der Waals surface area contributed by atoms with Gasteiger partial charge >= 0.3 is 5.97 Å². The molecule has 0 aromatic heterocycles. The first-order valence-electron chi connectivity index (χ1n) is 4.59. The molecule has 1 N–H and O–H groups in total. The molecule has 0 fully saturated rings. The Balaban J connectivity index is 0.000000262. The molecule has 1 aromatic rings. The fraction of sp³-hybridized carbons (Fsp3) is 0.364. The van der Waals surface area contributed by atoms with Crippen LogP contribution in [0.4, 0.5) is 0 Å². The summed E-state index contributed by atoms with van der Waals surface area (Å²) >= 11 is 0. The zero-order valence-corrected chi connectivity index (χ0v) is 8.97. The molecule has 0 heterocycles. The number of esters is 1. The first-order chi connectivity index (χ1) is 7.20. The monoisotopic (exact) mass is 212 g/mol. The van der Waals surface area contributed by atoms with Crippen LogP contribution in [0.25, 0.3) is 0 Å². The summed E-state index contributed by atoms with van der Waals surface area (Å²) in [4.78, 5) is 10.2. The van der Waals surface area contributed by atoms with Gasteiger partial charge in [0.15, 0.2) is 0 Å². The molecule has 1 rings (SSSR count). The molecule has 4 nitrogen and oxygen atoms in total. The molecular weight excluding hydrogens is 196 g/mol. The van der Waals surface area contributed by atoms with Crippen LogP contribution in [0.1, 0.15) is 6.92 Å². The van der Waals surface area contributed by atoms with E-state index in [1.54, 1.807) is 24.3 Å². The van der Waals surface area contributed by atoms with E-state index in [9.17, 15) is 4.79 Å². The van der Waals surface area contributed by atoms with Gasteiger partial charge in [-0.2, -0.15) is 0 Å². The fourth-order valence-corrected chi connectivity index (χ4v) is 0.672. The highest BCUT2D eigenvalue weighted by Crippen LogP contribution is 2.02. The molecule has 0 radical (unpaired) electrons. The number of hydrogen-bond donors (Lipinski definition) is 1. The third-order valence-electron chi connectivity index (χ3n) is 1.41. The summed E-state index contributed by atoms with van der Waals surface area (Å²) < 4.78 is 9.00. The Kier molecular flexibility index (Phi) is 8.09. The third-order valence-corrected chi connectivity index (χ3v) is 1.41. The normalized spacial score (nSPS) is 8.67. The molecule has 0 aliphatic carbocycles. The van der Waals surface area contributed by atoms with Gasteiger partial charge in [-0.25, -0.2) is 4.79 Å². The lowest BCUT2D eigenvalue weighted by molar-refractivity contribution is -0.145. The molecule has 0 saturated heterocycles. The molecule has 0 aliphatic rings. The number of carbonyl (C=O) groups excluding carboxylic acids is 1. The molecule has 0 spiro atoms. The first kappa shape index (κ1) is 13.4. The number of methoxy groups -OCH3 is 1. The van der Waals surface area contributed by atoms with Crippen LogP contribution in [-0.2, 0) is 14.3 Å². The van der Waals surface area contributed by atoms with Gasteiger partial charge in [-0.15, -0.1) is 0 Å². The standard InChI is InChI=1S/C6H6O.C5H10O3/c7-6-4-2-1-3-5-6;1-3-8-4-5(6)7-2/h1-5,7H;3-4H2,1-2H3. The van der Waals surface area contributed by atoms with Crippen molar-refractivity contribution in [2.24, 2.45) is 0 Å². The lowest BCUT2D eigenvalue weighted by atomic mass is 10.3. The highest BCUT2D eigenvalue weighted by molar-refractivity contribution is 5.70. The van der Waals surface area contributed by atoms with Gasteiger partial charge in [-0.3, -0.25) is 0 Å². The van der Waals surface area contributed by atoms with Crippen molar-refractivity contribution < 1.29 is 19.4 Å². The Morgan fingerprint density at radius 1 is 1.33 bits per heavy atom. The maximum atomic E-state index is 10.2. The molecule has 0 amide bonds. The number of rotatable bonds is 3. The zero-order valence-electron chi connectivity index (χ0n) is 8.97. The summed E-state index contributed by atoms with van der Waals surface area (Å²) in [5.41, 5.74) is 0. The number of benzene rings is 1. The minimum atomic E-state index is -0.327. The van der Waals surface area contributed by atoms with E-state index in [2.05, 4.69) is 4.74 Å². The van der Waals surface area contributed by atoms with Crippen molar-refractivity contribution in [2.75, 3.05) is 20.3 Å². The van der Waals surface area contributed by atoms with Crippen molar-refractivity contribution in [2.45, 2.75) is 6.92 Å². The van der Waals surface area contributed by atoms with Crippen LogP contribution in [0, 0.1) is 0 Å². The van der Waals surface area contributed by atoms with Crippen LogP contribution in [0.3, 0.4) is 0 Å². The van der Waals surface area contributed by atoms with E-state index >= 15 is 0 Å². The highest BCUT2D eigenvalue weighted by Gasteiger charge is 1.95. The molecule has 0 bridgehead atoms. The Labute approximate surface area is 89.4 Å². The quantitative estimate of drug-likeness (QED) is 0.773. The van der Waals surface area contributed by atoms with Crippen molar-refractivity contribution in [1.29, 1.82) is 0 Å².